The topological polar surface area (TPSA) is 28.1 Å². The third-order valence-electron chi connectivity index (χ3n) is 1.29. The Kier molecular flexibility index (Phi) is 2.44. The second-order valence-corrected chi connectivity index (χ2v) is 2.00. The van der Waals surface area contributed by atoms with Gasteiger partial charge in [-0.3, -0.25) is 0 Å². The Morgan fingerprint density at radius 1 is 1.45 bits per heavy atom. The molecule has 1 rings (SSSR count). The van der Waals surface area contributed by atoms with Crippen LogP contribution in [-0.2, 0) is 0 Å². The van der Waals surface area contributed by atoms with Gasteiger partial charge in [0, 0.05) is 18.0 Å². The maximum Gasteiger partial charge on any atom is 0.137 e. The summed E-state index contributed by atoms with van der Waals surface area (Å²) in [5.74, 6) is 0.819. The summed E-state index contributed by atoms with van der Waals surface area (Å²) in [7, 11) is 0. The molecule has 1 N–H and O–H groups in total. The van der Waals surface area contributed by atoms with Crippen molar-refractivity contribution in [2.75, 3.05) is 0 Å². The van der Waals surface area contributed by atoms with Crippen LogP contribution in [0.4, 0.5) is 5.82 Å². The van der Waals surface area contributed by atoms with E-state index in [1.54, 1.807) is 18.4 Å². The molecule has 11 heavy (non-hydrogen) atoms. The molecule has 0 aliphatic heterocycles. The van der Waals surface area contributed by atoms with E-state index in [4.69, 9.17) is 0 Å². The summed E-state index contributed by atoms with van der Waals surface area (Å²) in [4.78, 5) is 7.06. The third kappa shape index (κ3) is 1.67. The molecule has 1 heterocycles. The molecule has 0 saturated carbocycles. The minimum Gasteiger partial charge on any atom is -0.346 e. The summed E-state index contributed by atoms with van der Waals surface area (Å²) in [5, 5.41) is 0. The van der Waals surface area contributed by atoms with Gasteiger partial charge in [0.15, 0.2) is 0 Å². The number of nitrogens with zero attached hydrogens (tertiary/aromatic N) is 1. The van der Waals surface area contributed by atoms with Gasteiger partial charge in [-0.25, -0.2) is 4.99 Å². The molecule has 0 amide bonds. The molecular weight excluding hydrogens is 136 g/mol. The first-order valence-electron chi connectivity index (χ1n) is 3.33. The molecule has 2 nitrogen and oxygen atoms in total. The van der Waals surface area contributed by atoms with Crippen molar-refractivity contribution < 1.29 is 0 Å². The number of hydrogen-bond donors (Lipinski definition) is 1. The van der Waals surface area contributed by atoms with Gasteiger partial charge in [-0.1, -0.05) is 25.3 Å². The van der Waals surface area contributed by atoms with E-state index in [2.05, 4.69) is 23.1 Å². The van der Waals surface area contributed by atoms with Gasteiger partial charge in [0.2, 0.25) is 0 Å². The van der Waals surface area contributed by atoms with Crippen molar-refractivity contribution in [1.29, 1.82) is 0 Å². The van der Waals surface area contributed by atoms with Crippen molar-refractivity contribution in [1.82, 2.24) is 4.98 Å². The molecule has 0 aromatic carbocycles. The van der Waals surface area contributed by atoms with Crippen molar-refractivity contribution in [3.63, 3.8) is 0 Å². The second-order valence-electron chi connectivity index (χ2n) is 2.00. The number of allylic oxidation sites excluding steroid dienone is 1. The summed E-state index contributed by atoms with van der Waals surface area (Å²) in [6, 6.07) is 1.92. The zero-order valence-electron chi connectivity index (χ0n) is 6.25. The van der Waals surface area contributed by atoms with Crippen LogP contribution in [0.5, 0.6) is 0 Å². The van der Waals surface area contributed by atoms with Gasteiger partial charge >= 0.3 is 0 Å². The Morgan fingerprint density at radius 3 is 2.91 bits per heavy atom. The molecule has 2 heteroatoms. The van der Waals surface area contributed by atoms with E-state index < -0.39 is 0 Å². The van der Waals surface area contributed by atoms with Crippen LogP contribution in [0.1, 0.15) is 5.56 Å². The lowest BCUT2D eigenvalue weighted by atomic mass is 10.3. The van der Waals surface area contributed by atoms with Crippen molar-refractivity contribution in [2.24, 2.45) is 4.99 Å². The summed E-state index contributed by atoms with van der Waals surface area (Å²) < 4.78 is 0. The Balaban J connectivity index is 2.92. The van der Waals surface area contributed by atoms with Gasteiger partial charge in [-0.05, 0) is 6.07 Å². The normalized spacial score (nSPS) is 10.2. The van der Waals surface area contributed by atoms with Crippen molar-refractivity contribution >= 4 is 18.1 Å². The molecule has 1 aromatic heterocycles. The van der Waals surface area contributed by atoms with Gasteiger partial charge < -0.3 is 4.98 Å². The van der Waals surface area contributed by atoms with Crippen LogP contribution in [-0.4, -0.2) is 11.2 Å². The summed E-state index contributed by atoms with van der Waals surface area (Å²) in [5.41, 5.74) is 1.00. The minimum absolute atomic E-state index is 0.819. The maximum absolute atomic E-state index is 4.09. The van der Waals surface area contributed by atoms with Crippen LogP contribution < -0.4 is 0 Å². The van der Waals surface area contributed by atoms with Gasteiger partial charge in [0.05, 0.1) is 0 Å². The molecule has 1 aromatic rings. The monoisotopic (exact) mass is 146 g/mol. The van der Waals surface area contributed by atoms with Gasteiger partial charge in [-0.2, -0.15) is 0 Å². The number of aromatic nitrogens is 1. The third-order valence-corrected chi connectivity index (χ3v) is 1.29. The summed E-state index contributed by atoms with van der Waals surface area (Å²) >= 11 is 0. The molecule has 0 unspecified atom stereocenters. The van der Waals surface area contributed by atoms with Crippen molar-refractivity contribution in [3.8, 4) is 0 Å². The van der Waals surface area contributed by atoms with Crippen LogP contribution in [0.25, 0.3) is 6.08 Å². The Bertz CT molecular complexity index is 282. The molecule has 0 fully saturated rings. The average Bonchev–Trinajstić information content (AvgIpc) is 2.47. The molecule has 0 spiro atoms. The minimum atomic E-state index is 0.819. The molecule has 0 aliphatic carbocycles. The number of H-pyrrole nitrogens is 1. The van der Waals surface area contributed by atoms with Crippen molar-refractivity contribution in [2.45, 2.75) is 0 Å². The van der Waals surface area contributed by atoms with E-state index >= 15 is 0 Å². The fraction of sp³-hybridized carbons (Fsp3) is 0. The van der Waals surface area contributed by atoms with Gasteiger partial charge in [-0.15, -0.1) is 0 Å². The summed E-state index contributed by atoms with van der Waals surface area (Å²) in [6.45, 7) is 7.18. The fourth-order valence-corrected chi connectivity index (χ4v) is 0.776. The molecule has 0 atom stereocenters. The van der Waals surface area contributed by atoms with Gasteiger partial charge in [0.25, 0.3) is 0 Å². The molecule has 0 saturated heterocycles. The average molecular weight is 146 g/mol. The van der Waals surface area contributed by atoms with E-state index in [0.717, 1.165) is 11.4 Å². The lowest BCUT2D eigenvalue weighted by Crippen LogP contribution is -1.68. The van der Waals surface area contributed by atoms with Crippen LogP contribution in [0.15, 0.2) is 36.5 Å². The SMILES string of the molecule is C=CC=Nc1[nH]ccc1C=C. The zero-order chi connectivity index (χ0) is 8.10. The first-order chi connectivity index (χ1) is 5.38. The van der Waals surface area contributed by atoms with E-state index in [0.29, 0.717) is 0 Å². The summed E-state index contributed by atoms with van der Waals surface area (Å²) in [6.07, 6.45) is 6.85. The highest BCUT2D eigenvalue weighted by Gasteiger charge is 1.94. The number of hydrogen-bond acceptors (Lipinski definition) is 1. The van der Waals surface area contributed by atoms with Crippen LogP contribution in [0.2, 0.25) is 0 Å². The molecule has 0 aliphatic rings. The second kappa shape index (κ2) is 3.56. The lowest BCUT2D eigenvalue weighted by Gasteiger charge is -1.87. The lowest BCUT2D eigenvalue weighted by molar-refractivity contribution is 1.34. The maximum atomic E-state index is 4.09. The highest BCUT2D eigenvalue weighted by molar-refractivity contribution is 5.75. The highest BCUT2D eigenvalue weighted by atomic mass is 14.9. The van der Waals surface area contributed by atoms with E-state index in [-0.39, 0.29) is 0 Å². The fourth-order valence-electron chi connectivity index (χ4n) is 0.776. The molecular formula is C9H10N2. The smallest absolute Gasteiger partial charge is 0.137 e. The Labute approximate surface area is 66.0 Å². The number of aromatic amines is 1. The van der Waals surface area contributed by atoms with E-state index in [9.17, 15) is 0 Å². The first-order valence-corrected chi connectivity index (χ1v) is 3.33. The first kappa shape index (κ1) is 7.54. The standard InChI is InChI=1S/C9H10N2/c1-3-6-10-9-8(4-2)5-7-11-9/h3-7,11H,1-2H2. The molecule has 0 bridgehead atoms. The largest absolute Gasteiger partial charge is 0.346 e. The molecule has 0 radical (unpaired) electrons. The zero-order valence-corrected chi connectivity index (χ0v) is 6.25. The number of nitrogens with one attached hydrogen (secondary N) is 1. The Morgan fingerprint density at radius 2 is 2.27 bits per heavy atom. The number of rotatable bonds is 3. The Hall–Kier alpha value is -1.57. The highest BCUT2D eigenvalue weighted by Crippen LogP contribution is 2.16. The van der Waals surface area contributed by atoms with Crippen LogP contribution >= 0.6 is 0 Å². The predicted octanol–water partition coefficient (Wildman–Crippen LogP) is 2.55. The van der Waals surface area contributed by atoms with E-state index in [1.165, 1.54) is 0 Å². The van der Waals surface area contributed by atoms with Crippen LogP contribution in [0, 0.1) is 0 Å². The van der Waals surface area contributed by atoms with Gasteiger partial charge in [0.1, 0.15) is 5.82 Å². The van der Waals surface area contributed by atoms with Crippen molar-refractivity contribution in [3.05, 3.63) is 37.1 Å². The quantitative estimate of drug-likeness (QED) is 0.635. The van der Waals surface area contributed by atoms with E-state index in [1.807, 2.05) is 12.3 Å². The predicted molar refractivity (Wildman–Crippen MR) is 49.2 cm³/mol. The van der Waals surface area contributed by atoms with Crippen LogP contribution in [0.3, 0.4) is 0 Å². The number of aliphatic imine (C=N–C) groups is 1. The molecule has 56 valence electrons.